The van der Waals surface area contributed by atoms with Crippen LogP contribution in [0.4, 0.5) is 5.69 Å². The van der Waals surface area contributed by atoms with Crippen molar-refractivity contribution in [3.05, 3.63) is 24.3 Å². The summed E-state index contributed by atoms with van der Waals surface area (Å²) in [7, 11) is 1.68. The molecule has 0 radical (unpaired) electrons. The summed E-state index contributed by atoms with van der Waals surface area (Å²) in [6.07, 6.45) is 1.27. The molecule has 1 aliphatic rings. The van der Waals surface area contributed by atoms with Crippen LogP contribution in [0.15, 0.2) is 24.3 Å². The average molecular weight is 206 g/mol. The minimum absolute atomic E-state index is 0.739. The van der Waals surface area contributed by atoms with E-state index in [4.69, 9.17) is 10.5 Å². The molecule has 2 rings (SSSR count). The van der Waals surface area contributed by atoms with E-state index < -0.39 is 0 Å². The SMILES string of the molecule is COc1cccc(NC[C@@H]2C[C@H]2CN)c1. The summed E-state index contributed by atoms with van der Waals surface area (Å²) >= 11 is 0. The van der Waals surface area contributed by atoms with Gasteiger partial charge in [0.1, 0.15) is 5.75 Å². The van der Waals surface area contributed by atoms with Gasteiger partial charge in [-0.25, -0.2) is 0 Å². The monoisotopic (exact) mass is 206 g/mol. The predicted octanol–water partition coefficient (Wildman–Crippen LogP) is 1.70. The lowest BCUT2D eigenvalue weighted by atomic mass is 10.2. The van der Waals surface area contributed by atoms with Crippen molar-refractivity contribution in [2.24, 2.45) is 17.6 Å². The normalized spacial score (nSPS) is 23.6. The van der Waals surface area contributed by atoms with Crippen LogP contribution < -0.4 is 15.8 Å². The fourth-order valence-corrected chi connectivity index (χ4v) is 1.83. The van der Waals surface area contributed by atoms with Crippen molar-refractivity contribution in [2.45, 2.75) is 6.42 Å². The number of rotatable bonds is 5. The molecule has 15 heavy (non-hydrogen) atoms. The van der Waals surface area contributed by atoms with E-state index in [-0.39, 0.29) is 0 Å². The summed E-state index contributed by atoms with van der Waals surface area (Å²) in [4.78, 5) is 0. The van der Waals surface area contributed by atoms with Gasteiger partial charge in [-0.1, -0.05) is 6.07 Å². The van der Waals surface area contributed by atoms with E-state index in [0.717, 1.165) is 36.4 Å². The third-order valence-electron chi connectivity index (χ3n) is 3.01. The smallest absolute Gasteiger partial charge is 0.120 e. The van der Waals surface area contributed by atoms with Crippen LogP contribution in [0.3, 0.4) is 0 Å². The van der Waals surface area contributed by atoms with E-state index in [2.05, 4.69) is 11.4 Å². The number of ether oxygens (including phenoxy) is 1. The van der Waals surface area contributed by atoms with E-state index in [1.807, 2.05) is 18.2 Å². The van der Waals surface area contributed by atoms with Gasteiger partial charge in [0.15, 0.2) is 0 Å². The molecule has 0 saturated heterocycles. The zero-order valence-corrected chi connectivity index (χ0v) is 9.07. The van der Waals surface area contributed by atoms with Crippen molar-refractivity contribution in [3.63, 3.8) is 0 Å². The van der Waals surface area contributed by atoms with Crippen molar-refractivity contribution >= 4 is 5.69 Å². The number of nitrogens with two attached hydrogens (primary N) is 1. The zero-order valence-electron chi connectivity index (χ0n) is 9.07. The third kappa shape index (κ3) is 2.63. The number of methoxy groups -OCH3 is 1. The van der Waals surface area contributed by atoms with Gasteiger partial charge < -0.3 is 15.8 Å². The summed E-state index contributed by atoms with van der Waals surface area (Å²) in [5.74, 6) is 2.40. The molecule has 3 N–H and O–H groups in total. The second-order valence-corrected chi connectivity index (χ2v) is 4.10. The highest BCUT2D eigenvalue weighted by Gasteiger charge is 2.34. The van der Waals surface area contributed by atoms with Gasteiger partial charge in [0, 0.05) is 18.3 Å². The standard InChI is InChI=1S/C12H18N2O/c1-15-12-4-2-3-11(6-12)14-8-10-5-9(10)7-13/h2-4,6,9-10,14H,5,7-8,13H2,1H3/t9-,10-/m0/s1. The molecular weight excluding hydrogens is 188 g/mol. The van der Waals surface area contributed by atoms with Gasteiger partial charge in [0.25, 0.3) is 0 Å². The van der Waals surface area contributed by atoms with Crippen LogP contribution in [0.5, 0.6) is 5.75 Å². The predicted molar refractivity (Wildman–Crippen MR) is 62.1 cm³/mol. The lowest BCUT2D eigenvalue weighted by Gasteiger charge is -2.07. The average Bonchev–Trinajstić information content (AvgIpc) is 3.05. The molecule has 3 nitrogen and oxygen atoms in total. The first-order valence-electron chi connectivity index (χ1n) is 5.41. The van der Waals surface area contributed by atoms with E-state index in [1.165, 1.54) is 6.42 Å². The highest BCUT2D eigenvalue weighted by molar-refractivity contribution is 5.48. The summed E-state index contributed by atoms with van der Waals surface area (Å²) in [5.41, 5.74) is 6.71. The molecule has 1 aromatic rings. The fraction of sp³-hybridized carbons (Fsp3) is 0.500. The highest BCUT2D eigenvalue weighted by Crippen LogP contribution is 2.37. The second kappa shape index (κ2) is 4.53. The minimum Gasteiger partial charge on any atom is -0.497 e. The first-order valence-corrected chi connectivity index (χ1v) is 5.41. The van der Waals surface area contributed by atoms with Crippen LogP contribution in [-0.4, -0.2) is 20.2 Å². The lowest BCUT2D eigenvalue weighted by Crippen LogP contribution is -2.09. The molecule has 82 valence electrons. The Kier molecular flexibility index (Phi) is 3.11. The Morgan fingerprint density at radius 1 is 1.47 bits per heavy atom. The van der Waals surface area contributed by atoms with E-state index in [9.17, 15) is 0 Å². The Morgan fingerprint density at radius 2 is 2.33 bits per heavy atom. The minimum atomic E-state index is 0.739. The molecule has 2 atom stereocenters. The quantitative estimate of drug-likeness (QED) is 0.771. The molecule has 0 spiro atoms. The van der Waals surface area contributed by atoms with E-state index >= 15 is 0 Å². The largest absolute Gasteiger partial charge is 0.497 e. The maximum atomic E-state index is 5.59. The van der Waals surface area contributed by atoms with Crippen LogP contribution in [0.25, 0.3) is 0 Å². The molecular formula is C12H18N2O. The Bertz CT molecular complexity index is 327. The Labute approximate surface area is 90.6 Å². The fourth-order valence-electron chi connectivity index (χ4n) is 1.83. The topological polar surface area (TPSA) is 47.3 Å². The first-order chi connectivity index (χ1) is 7.33. The van der Waals surface area contributed by atoms with Crippen molar-refractivity contribution in [2.75, 3.05) is 25.5 Å². The van der Waals surface area contributed by atoms with Crippen LogP contribution >= 0.6 is 0 Å². The summed E-state index contributed by atoms with van der Waals surface area (Å²) < 4.78 is 5.16. The Hall–Kier alpha value is -1.22. The zero-order chi connectivity index (χ0) is 10.7. The molecule has 0 unspecified atom stereocenters. The summed E-state index contributed by atoms with van der Waals surface area (Å²) in [6, 6.07) is 8.02. The number of benzene rings is 1. The van der Waals surface area contributed by atoms with Crippen LogP contribution in [0.1, 0.15) is 6.42 Å². The molecule has 0 aliphatic heterocycles. The van der Waals surface area contributed by atoms with Gasteiger partial charge in [-0.05, 0) is 36.9 Å². The first kappa shape index (κ1) is 10.3. The van der Waals surface area contributed by atoms with Crippen LogP contribution in [0.2, 0.25) is 0 Å². The van der Waals surface area contributed by atoms with Gasteiger partial charge in [0.05, 0.1) is 7.11 Å². The maximum absolute atomic E-state index is 5.59. The van der Waals surface area contributed by atoms with E-state index in [1.54, 1.807) is 7.11 Å². The van der Waals surface area contributed by atoms with Crippen LogP contribution in [-0.2, 0) is 0 Å². The molecule has 1 saturated carbocycles. The maximum Gasteiger partial charge on any atom is 0.120 e. The van der Waals surface area contributed by atoms with Crippen LogP contribution in [0, 0.1) is 11.8 Å². The van der Waals surface area contributed by atoms with Gasteiger partial charge in [-0.3, -0.25) is 0 Å². The van der Waals surface area contributed by atoms with Gasteiger partial charge >= 0.3 is 0 Å². The molecule has 0 bridgehead atoms. The Balaban J connectivity index is 1.83. The number of hydrogen-bond donors (Lipinski definition) is 2. The number of hydrogen-bond acceptors (Lipinski definition) is 3. The number of anilines is 1. The van der Waals surface area contributed by atoms with Gasteiger partial charge in [-0.2, -0.15) is 0 Å². The molecule has 0 heterocycles. The third-order valence-corrected chi connectivity index (χ3v) is 3.01. The van der Waals surface area contributed by atoms with Gasteiger partial charge in [0.2, 0.25) is 0 Å². The van der Waals surface area contributed by atoms with Gasteiger partial charge in [-0.15, -0.1) is 0 Å². The van der Waals surface area contributed by atoms with Crippen molar-refractivity contribution in [3.8, 4) is 5.75 Å². The molecule has 0 amide bonds. The molecule has 1 fully saturated rings. The molecule has 1 aromatic carbocycles. The summed E-state index contributed by atoms with van der Waals surface area (Å²) in [5, 5.41) is 3.41. The molecule has 1 aliphatic carbocycles. The Morgan fingerprint density at radius 3 is 3.00 bits per heavy atom. The van der Waals surface area contributed by atoms with E-state index in [0.29, 0.717) is 0 Å². The summed E-state index contributed by atoms with van der Waals surface area (Å²) in [6.45, 7) is 1.85. The van der Waals surface area contributed by atoms with Crippen molar-refractivity contribution in [1.29, 1.82) is 0 Å². The second-order valence-electron chi connectivity index (χ2n) is 4.10. The highest BCUT2D eigenvalue weighted by atomic mass is 16.5. The van der Waals surface area contributed by atoms with Crippen molar-refractivity contribution in [1.82, 2.24) is 0 Å². The number of nitrogens with one attached hydrogen (secondary N) is 1. The molecule has 3 heteroatoms. The van der Waals surface area contributed by atoms with Crippen molar-refractivity contribution < 1.29 is 4.74 Å². The lowest BCUT2D eigenvalue weighted by molar-refractivity contribution is 0.415. The molecule has 0 aromatic heterocycles.